The van der Waals surface area contributed by atoms with Gasteiger partial charge in [0.15, 0.2) is 11.6 Å². The van der Waals surface area contributed by atoms with Gasteiger partial charge in [0.1, 0.15) is 0 Å². The van der Waals surface area contributed by atoms with Gasteiger partial charge in [0, 0.05) is 18.7 Å². The smallest absolute Gasteiger partial charge is 0.259 e. The highest BCUT2D eigenvalue weighted by molar-refractivity contribution is 5.95. The summed E-state index contributed by atoms with van der Waals surface area (Å²) in [5, 5.41) is 11.4. The van der Waals surface area contributed by atoms with E-state index in [2.05, 4.69) is 25.5 Å². The van der Waals surface area contributed by atoms with E-state index < -0.39 is 0 Å². The summed E-state index contributed by atoms with van der Waals surface area (Å²) in [7, 11) is 0. The predicted octanol–water partition coefficient (Wildman–Crippen LogP) is 3.25. The van der Waals surface area contributed by atoms with Gasteiger partial charge in [-0.1, -0.05) is 31.3 Å². The minimum absolute atomic E-state index is 0.0646. The van der Waals surface area contributed by atoms with Crippen LogP contribution in [0.4, 0.5) is 0 Å². The molecule has 0 atom stereocenters. The molecule has 1 saturated carbocycles. The fraction of sp³-hybridized carbons (Fsp3) is 0.450. The van der Waals surface area contributed by atoms with Crippen molar-refractivity contribution in [3.05, 3.63) is 41.6 Å². The number of pyridine rings is 1. The Bertz CT molecular complexity index is 953. The highest BCUT2D eigenvalue weighted by atomic mass is 16.5. The maximum atomic E-state index is 12.6. The maximum absolute atomic E-state index is 12.6. The van der Waals surface area contributed by atoms with E-state index in [1.807, 2.05) is 26.0 Å². The topological polar surface area (TPSA) is 98.7 Å². The van der Waals surface area contributed by atoms with Gasteiger partial charge < -0.3 is 9.84 Å². The molecule has 3 aromatic heterocycles. The van der Waals surface area contributed by atoms with Crippen molar-refractivity contribution >= 4 is 5.91 Å². The number of rotatable bonds is 5. The van der Waals surface area contributed by atoms with Gasteiger partial charge in [-0.3, -0.25) is 4.79 Å². The average molecular weight is 380 g/mol. The summed E-state index contributed by atoms with van der Waals surface area (Å²) < 4.78 is 6.91. The Balaban J connectivity index is 1.51. The van der Waals surface area contributed by atoms with Crippen LogP contribution in [0.15, 0.2) is 29.0 Å². The minimum Gasteiger partial charge on any atom is -0.349 e. The molecule has 3 heterocycles. The first kappa shape index (κ1) is 18.3. The lowest BCUT2D eigenvalue weighted by Gasteiger charge is -2.22. The number of aromatic nitrogens is 5. The van der Waals surface area contributed by atoms with Crippen LogP contribution in [0.25, 0.3) is 17.3 Å². The number of aryl methyl sites for hydroxylation is 1. The van der Waals surface area contributed by atoms with Gasteiger partial charge in [-0.15, -0.1) is 0 Å². The molecule has 1 amide bonds. The lowest BCUT2D eigenvalue weighted by Crippen LogP contribution is -2.36. The Morgan fingerprint density at radius 3 is 2.75 bits per heavy atom. The molecule has 0 bridgehead atoms. The summed E-state index contributed by atoms with van der Waals surface area (Å²) in [6.45, 7) is 3.85. The molecule has 0 aliphatic heterocycles. The monoisotopic (exact) mass is 380 g/mol. The van der Waals surface area contributed by atoms with Crippen LogP contribution < -0.4 is 5.32 Å². The van der Waals surface area contributed by atoms with Crippen molar-refractivity contribution < 1.29 is 9.32 Å². The van der Waals surface area contributed by atoms with Gasteiger partial charge >= 0.3 is 0 Å². The Morgan fingerprint density at radius 1 is 1.25 bits per heavy atom. The summed E-state index contributed by atoms with van der Waals surface area (Å²) in [6, 6.07) is 3.95. The van der Waals surface area contributed by atoms with Crippen LogP contribution in [0.3, 0.4) is 0 Å². The van der Waals surface area contributed by atoms with Crippen LogP contribution in [0, 0.1) is 6.92 Å². The first-order valence-electron chi connectivity index (χ1n) is 9.80. The zero-order valence-electron chi connectivity index (χ0n) is 16.2. The molecule has 4 rings (SSSR count). The van der Waals surface area contributed by atoms with Gasteiger partial charge in [0.2, 0.25) is 0 Å². The Labute approximate surface area is 163 Å². The van der Waals surface area contributed by atoms with E-state index in [0.717, 1.165) is 24.1 Å². The molecular formula is C20H24N6O2. The van der Waals surface area contributed by atoms with E-state index in [1.54, 1.807) is 17.1 Å². The largest absolute Gasteiger partial charge is 0.349 e. The molecule has 0 radical (unpaired) electrons. The fourth-order valence-electron chi connectivity index (χ4n) is 3.53. The first-order valence-corrected chi connectivity index (χ1v) is 9.80. The van der Waals surface area contributed by atoms with E-state index >= 15 is 0 Å². The van der Waals surface area contributed by atoms with Gasteiger partial charge in [-0.25, -0.2) is 9.67 Å². The molecule has 1 aliphatic carbocycles. The third-order valence-electron chi connectivity index (χ3n) is 5.19. The fourth-order valence-corrected chi connectivity index (χ4v) is 3.53. The summed E-state index contributed by atoms with van der Waals surface area (Å²) in [4.78, 5) is 21.4. The second kappa shape index (κ2) is 7.92. The Hall–Kier alpha value is -3.03. The molecule has 0 aromatic carbocycles. The van der Waals surface area contributed by atoms with Crippen LogP contribution in [0.5, 0.6) is 0 Å². The van der Waals surface area contributed by atoms with E-state index in [9.17, 15) is 4.79 Å². The van der Waals surface area contributed by atoms with Gasteiger partial charge in [0.25, 0.3) is 11.8 Å². The summed E-state index contributed by atoms with van der Waals surface area (Å²) in [5.74, 6) is 1.68. The number of carbonyl (C=O) groups excluding carboxylic acids is 1. The second-order valence-electron chi connectivity index (χ2n) is 7.14. The van der Waals surface area contributed by atoms with Crippen molar-refractivity contribution in [2.45, 2.75) is 58.4 Å². The molecular weight excluding hydrogens is 356 g/mol. The Morgan fingerprint density at radius 2 is 2.07 bits per heavy atom. The van der Waals surface area contributed by atoms with E-state index in [-0.39, 0.29) is 11.9 Å². The standard InChI is InChI=1S/C20H24N6O2/c1-3-17-24-20(28-25-17)14-9-10-18(21-11-14)26-13(2)16(12-22-26)19(27)23-15-7-5-4-6-8-15/h9-12,15H,3-8H2,1-2H3,(H,23,27). The number of carbonyl (C=O) groups is 1. The SMILES string of the molecule is CCc1noc(-c2ccc(-n3ncc(C(=O)NC4CCCCC4)c3C)nc2)n1. The highest BCUT2D eigenvalue weighted by Crippen LogP contribution is 2.20. The highest BCUT2D eigenvalue weighted by Gasteiger charge is 2.20. The van der Waals surface area contributed by atoms with Crippen LogP contribution in [-0.2, 0) is 6.42 Å². The van der Waals surface area contributed by atoms with Crippen molar-refractivity contribution in [2.24, 2.45) is 0 Å². The Kier molecular flexibility index (Phi) is 5.18. The molecule has 1 aliphatic rings. The molecule has 0 spiro atoms. The summed E-state index contributed by atoms with van der Waals surface area (Å²) in [6.07, 6.45) is 9.72. The number of hydrogen-bond acceptors (Lipinski definition) is 6. The van der Waals surface area contributed by atoms with Crippen LogP contribution in [0.1, 0.15) is 60.9 Å². The molecule has 146 valence electrons. The lowest BCUT2D eigenvalue weighted by atomic mass is 9.95. The molecule has 1 N–H and O–H groups in total. The predicted molar refractivity (Wildman–Crippen MR) is 103 cm³/mol. The van der Waals surface area contributed by atoms with Crippen molar-refractivity contribution in [1.29, 1.82) is 0 Å². The van der Waals surface area contributed by atoms with Crippen molar-refractivity contribution in [2.75, 3.05) is 0 Å². The molecule has 8 heteroatoms. The van der Waals surface area contributed by atoms with Crippen LogP contribution >= 0.6 is 0 Å². The molecule has 0 saturated heterocycles. The first-order chi connectivity index (χ1) is 13.7. The van der Waals surface area contributed by atoms with E-state index in [0.29, 0.717) is 29.5 Å². The molecule has 8 nitrogen and oxygen atoms in total. The quantitative estimate of drug-likeness (QED) is 0.729. The van der Waals surface area contributed by atoms with E-state index in [1.165, 1.54) is 19.3 Å². The molecule has 0 unspecified atom stereocenters. The summed E-state index contributed by atoms with van der Waals surface area (Å²) >= 11 is 0. The van der Waals surface area contributed by atoms with Crippen LogP contribution in [-0.4, -0.2) is 36.9 Å². The van der Waals surface area contributed by atoms with Crippen molar-refractivity contribution in [3.63, 3.8) is 0 Å². The summed E-state index contributed by atoms with van der Waals surface area (Å²) in [5.41, 5.74) is 2.09. The molecule has 28 heavy (non-hydrogen) atoms. The van der Waals surface area contributed by atoms with E-state index in [4.69, 9.17) is 4.52 Å². The third-order valence-corrected chi connectivity index (χ3v) is 5.19. The number of amides is 1. The van der Waals surface area contributed by atoms with Gasteiger partial charge in [0.05, 0.1) is 23.0 Å². The zero-order valence-corrected chi connectivity index (χ0v) is 16.2. The molecule has 1 fully saturated rings. The minimum atomic E-state index is -0.0646. The second-order valence-corrected chi connectivity index (χ2v) is 7.14. The number of nitrogens with one attached hydrogen (secondary N) is 1. The number of nitrogens with zero attached hydrogens (tertiary/aromatic N) is 5. The number of hydrogen-bond donors (Lipinski definition) is 1. The normalized spacial score (nSPS) is 14.9. The maximum Gasteiger partial charge on any atom is 0.259 e. The zero-order chi connectivity index (χ0) is 19.5. The van der Waals surface area contributed by atoms with Crippen molar-refractivity contribution in [3.8, 4) is 17.3 Å². The van der Waals surface area contributed by atoms with Gasteiger partial charge in [-0.05, 0) is 31.9 Å². The lowest BCUT2D eigenvalue weighted by molar-refractivity contribution is 0.0927. The van der Waals surface area contributed by atoms with Crippen LogP contribution in [0.2, 0.25) is 0 Å². The van der Waals surface area contributed by atoms with Gasteiger partial charge in [-0.2, -0.15) is 10.1 Å². The molecule has 3 aromatic rings. The average Bonchev–Trinajstić information content (AvgIpc) is 3.36. The third kappa shape index (κ3) is 3.67. The van der Waals surface area contributed by atoms with Crippen molar-refractivity contribution in [1.82, 2.24) is 30.2 Å².